The van der Waals surface area contributed by atoms with E-state index < -0.39 is 31.4 Å². The Labute approximate surface area is 258 Å². The van der Waals surface area contributed by atoms with Gasteiger partial charge in [0.1, 0.15) is 11.4 Å². The number of carbonyl (C=O) groups is 1. The number of aromatic nitrogens is 4. The molecule has 0 spiro atoms. The summed E-state index contributed by atoms with van der Waals surface area (Å²) >= 11 is 0. The molecular weight excluding hydrogens is 614 g/mol. The molecule has 16 heteroatoms. The summed E-state index contributed by atoms with van der Waals surface area (Å²) in [7, 11) is -1.66. The number of benzene rings is 2. The molecule has 0 atom stereocenters. The van der Waals surface area contributed by atoms with Gasteiger partial charge in [0.05, 0.1) is 43.8 Å². The maximum atomic E-state index is 14.0. The molecule has 5 N–H and O–H groups in total. The van der Waals surface area contributed by atoms with Crippen LogP contribution in [0.2, 0.25) is 0 Å². The van der Waals surface area contributed by atoms with Crippen LogP contribution in [0.4, 0.5) is 36.3 Å². The highest BCUT2D eigenvalue weighted by atomic mass is 31.2. The van der Waals surface area contributed by atoms with Gasteiger partial charge in [0, 0.05) is 30.7 Å². The van der Waals surface area contributed by atoms with E-state index in [2.05, 4.69) is 31.0 Å². The first-order valence-electron chi connectivity index (χ1n) is 14.0. The lowest BCUT2D eigenvalue weighted by Crippen LogP contribution is -2.20. The smallest absolute Gasteiger partial charge is 0.394 e. The van der Waals surface area contributed by atoms with Gasteiger partial charge in [-0.3, -0.25) is 9.48 Å². The fourth-order valence-electron chi connectivity index (χ4n) is 4.35. The van der Waals surface area contributed by atoms with E-state index in [0.717, 1.165) is 5.56 Å². The number of hydrogen-bond acceptors (Lipinski definition) is 10. The van der Waals surface area contributed by atoms with E-state index in [4.69, 9.17) is 14.2 Å². The van der Waals surface area contributed by atoms with E-state index in [1.54, 1.807) is 56.6 Å². The molecule has 0 radical (unpaired) electrons. The largest absolute Gasteiger partial charge is 0.421 e. The Hall–Kier alpha value is -4.14. The van der Waals surface area contributed by atoms with Crippen LogP contribution in [-0.2, 0) is 27.9 Å². The number of amides is 1. The first-order chi connectivity index (χ1) is 21.5. The van der Waals surface area contributed by atoms with Crippen LogP contribution in [0, 0.1) is 0 Å². The molecule has 240 valence electrons. The van der Waals surface area contributed by atoms with Crippen LogP contribution >= 0.6 is 7.94 Å². The second kappa shape index (κ2) is 14.8. The van der Waals surface area contributed by atoms with Gasteiger partial charge in [-0.1, -0.05) is 18.2 Å². The van der Waals surface area contributed by atoms with Crippen LogP contribution in [0.5, 0.6) is 0 Å². The van der Waals surface area contributed by atoms with Crippen molar-refractivity contribution in [2.75, 3.05) is 37.5 Å². The molecule has 0 aliphatic heterocycles. The minimum Gasteiger partial charge on any atom is -0.394 e. The Morgan fingerprint density at radius 3 is 2.36 bits per heavy atom. The van der Waals surface area contributed by atoms with E-state index in [9.17, 15) is 22.9 Å². The third kappa shape index (κ3) is 8.74. The molecule has 12 nitrogen and oxygen atoms in total. The lowest BCUT2D eigenvalue weighted by Gasteiger charge is -2.17. The molecule has 0 saturated carbocycles. The van der Waals surface area contributed by atoms with E-state index in [1.807, 2.05) is 0 Å². The van der Waals surface area contributed by atoms with Gasteiger partial charge in [0.15, 0.2) is 6.16 Å². The fraction of sp³-hybridized carbons (Fsp3) is 0.310. The Morgan fingerprint density at radius 2 is 1.73 bits per heavy atom. The summed E-state index contributed by atoms with van der Waals surface area (Å²) in [6.45, 7) is 4.27. The van der Waals surface area contributed by atoms with Crippen LogP contribution in [0.15, 0.2) is 61.1 Å². The second-order valence-corrected chi connectivity index (χ2v) is 11.7. The highest BCUT2D eigenvalue weighted by molar-refractivity contribution is 7.59. The van der Waals surface area contributed by atoms with Crippen LogP contribution in [0.3, 0.4) is 0 Å². The lowest BCUT2D eigenvalue weighted by molar-refractivity contribution is -0.137. The summed E-state index contributed by atoms with van der Waals surface area (Å²) in [6, 6.07) is 11.4. The topological polar surface area (TPSA) is 156 Å². The number of hydrogen-bond donors (Lipinski definition) is 5. The highest BCUT2D eigenvalue weighted by Gasteiger charge is 2.40. The van der Waals surface area contributed by atoms with Gasteiger partial charge in [-0.05, 0) is 49.2 Å². The molecule has 0 bridgehead atoms. The zero-order valence-corrected chi connectivity index (χ0v) is 25.7. The summed E-state index contributed by atoms with van der Waals surface area (Å²) in [4.78, 5) is 31.4. The maximum Gasteiger partial charge on any atom is 0.421 e. The number of aliphatic hydroxyl groups is 1. The average Bonchev–Trinajstić information content (AvgIpc) is 3.46. The predicted molar refractivity (Wildman–Crippen MR) is 164 cm³/mol. The van der Waals surface area contributed by atoms with Crippen molar-refractivity contribution in [3.05, 3.63) is 77.7 Å². The number of anilines is 4. The van der Waals surface area contributed by atoms with Crippen molar-refractivity contribution in [3.63, 3.8) is 0 Å². The van der Waals surface area contributed by atoms with Gasteiger partial charge in [-0.25, -0.2) is 4.98 Å². The third-order valence-electron chi connectivity index (χ3n) is 6.39. The zero-order valence-electron chi connectivity index (χ0n) is 24.8. The van der Waals surface area contributed by atoms with Gasteiger partial charge in [0.25, 0.3) is 5.91 Å². The molecule has 0 unspecified atom stereocenters. The van der Waals surface area contributed by atoms with Gasteiger partial charge in [-0.15, -0.1) is 0 Å². The Kier molecular flexibility index (Phi) is 11.1. The summed E-state index contributed by atoms with van der Waals surface area (Å²) in [5.74, 6) is -1.22. The van der Waals surface area contributed by atoms with Crippen molar-refractivity contribution >= 4 is 37.0 Å². The normalized spacial score (nSPS) is 11.8. The van der Waals surface area contributed by atoms with Crippen molar-refractivity contribution < 1.29 is 37.0 Å². The number of aliphatic hydroxyl groups excluding tert-OH is 1. The lowest BCUT2D eigenvalue weighted by atomic mass is 10.0. The Morgan fingerprint density at radius 1 is 1.02 bits per heavy atom. The van der Waals surface area contributed by atoms with Crippen molar-refractivity contribution in [1.29, 1.82) is 0 Å². The summed E-state index contributed by atoms with van der Waals surface area (Å²) < 4.78 is 54.4. The van der Waals surface area contributed by atoms with Gasteiger partial charge in [0.2, 0.25) is 5.95 Å². The molecule has 0 fully saturated rings. The van der Waals surface area contributed by atoms with Crippen LogP contribution in [0.1, 0.15) is 35.3 Å². The molecule has 0 saturated heterocycles. The van der Waals surface area contributed by atoms with Crippen molar-refractivity contribution in [3.8, 4) is 11.1 Å². The third-order valence-corrected chi connectivity index (χ3v) is 8.48. The van der Waals surface area contributed by atoms with Gasteiger partial charge < -0.3 is 21.1 Å². The second-order valence-electron chi connectivity index (χ2n) is 9.59. The summed E-state index contributed by atoms with van der Waals surface area (Å²) in [5.41, 5.74) is 1.49. The number of carbonyl (C=O) groups excluding carboxylic acids is 1. The molecule has 2 heterocycles. The van der Waals surface area contributed by atoms with E-state index in [0.29, 0.717) is 23.0 Å². The first-order valence-corrected chi connectivity index (χ1v) is 15.7. The molecular formula is C29H34F3N7O5P+. The SMILES string of the molecule is CCO[P+](O)(Cc1ccc(Nc2ncc(C(F)(F)F)c(Nc3ccc(-c4cnn(CCO)c4)cc3C(=O)NC)n2)cc1)OCC. The molecule has 2 aromatic heterocycles. The number of nitrogens with zero attached hydrogens (tertiary/aromatic N) is 4. The van der Waals surface area contributed by atoms with Crippen molar-refractivity contribution in [1.82, 2.24) is 25.1 Å². The number of halogens is 3. The molecule has 4 rings (SSSR count). The van der Waals surface area contributed by atoms with Crippen LogP contribution in [0.25, 0.3) is 11.1 Å². The maximum absolute atomic E-state index is 14.0. The summed E-state index contributed by atoms with van der Waals surface area (Å²) in [6.07, 6.45) is -0.732. The van der Waals surface area contributed by atoms with Crippen LogP contribution in [-0.4, -0.2) is 62.5 Å². The van der Waals surface area contributed by atoms with E-state index >= 15 is 0 Å². The first kappa shape index (κ1) is 33.7. The Balaban J connectivity index is 1.62. The minimum atomic E-state index is -4.79. The van der Waals surface area contributed by atoms with E-state index in [-0.39, 0.29) is 49.7 Å². The highest BCUT2D eigenvalue weighted by Crippen LogP contribution is 2.59. The average molecular weight is 649 g/mol. The zero-order chi connectivity index (χ0) is 32.6. The molecule has 0 aliphatic rings. The van der Waals surface area contributed by atoms with E-state index in [1.165, 1.54) is 23.9 Å². The molecule has 0 aliphatic carbocycles. The molecule has 45 heavy (non-hydrogen) atoms. The number of alkyl halides is 3. The molecule has 2 aromatic carbocycles. The van der Waals surface area contributed by atoms with Crippen LogP contribution < -0.4 is 16.0 Å². The fourth-order valence-corrected chi connectivity index (χ4v) is 6.09. The predicted octanol–water partition coefficient (Wildman–Crippen LogP) is 5.53. The monoisotopic (exact) mass is 648 g/mol. The van der Waals surface area contributed by atoms with Crippen molar-refractivity contribution in [2.24, 2.45) is 0 Å². The number of rotatable bonds is 14. The molecule has 4 aromatic rings. The number of nitrogens with one attached hydrogen (secondary N) is 3. The summed E-state index contributed by atoms with van der Waals surface area (Å²) in [5, 5.41) is 21.4. The minimum absolute atomic E-state index is 0.0728. The molecule has 1 amide bonds. The quantitative estimate of drug-likeness (QED) is 0.110. The van der Waals surface area contributed by atoms with Gasteiger partial charge in [-0.2, -0.15) is 37.2 Å². The van der Waals surface area contributed by atoms with Crippen molar-refractivity contribution in [2.45, 2.75) is 32.7 Å². The standard InChI is InChI=1S/C29H33F3N7O5P/c1-4-43-45(42,44-5-2)18-19-6-9-22(10-7-19)36-28-34-16-24(29(30,31)32)26(38-28)37-25-11-8-20(14-23(25)27(41)33-3)21-15-35-39(17-21)12-13-40/h6-11,14-17,40,42H,4-5,12-13,18H2,1-3H3,(H2-,33,34,36,37,38,41)/p+1. The van der Waals surface area contributed by atoms with Gasteiger partial charge >= 0.3 is 14.1 Å². The Bertz CT molecular complexity index is 1600.